The first kappa shape index (κ1) is 16.4. The van der Waals surface area contributed by atoms with Crippen LogP contribution in [-0.2, 0) is 9.53 Å². The summed E-state index contributed by atoms with van der Waals surface area (Å²) in [6.07, 6.45) is 0.728. The van der Waals surface area contributed by atoms with Crippen molar-refractivity contribution in [2.75, 3.05) is 39.2 Å². The highest BCUT2D eigenvalue weighted by Crippen LogP contribution is 2.18. The third-order valence-electron chi connectivity index (χ3n) is 3.42. The maximum Gasteiger partial charge on any atom is 0.255 e. The van der Waals surface area contributed by atoms with Gasteiger partial charge in [0.2, 0.25) is 17.7 Å². The quantitative estimate of drug-likeness (QED) is 0.766. The Labute approximate surface area is 127 Å². The highest BCUT2D eigenvalue weighted by atomic mass is 19.1. The van der Waals surface area contributed by atoms with Gasteiger partial charge in [-0.1, -0.05) is 0 Å². The molecule has 2 rings (SSSR count). The van der Waals surface area contributed by atoms with Crippen LogP contribution >= 0.6 is 0 Å². The number of piperidine rings is 1. The third-order valence-corrected chi connectivity index (χ3v) is 3.42. The van der Waals surface area contributed by atoms with Crippen molar-refractivity contribution in [3.63, 3.8) is 0 Å². The summed E-state index contributed by atoms with van der Waals surface area (Å²) in [7, 11) is 2.76. The number of carbonyl (C=O) groups excluding carboxylic acids is 1. The number of aliphatic hydroxyl groups excluding tert-OH is 1. The van der Waals surface area contributed by atoms with Gasteiger partial charge in [-0.05, 0) is 6.42 Å². The van der Waals surface area contributed by atoms with Crippen molar-refractivity contribution in [1.29, 1.82) is 0 Å². The van der Waals surface area contributed by atoms with Crippen molar-refractivity contribution in [2.24, 2.45) is 0 Å². The van der Waals surface area contributed by atoms with Crippen LogP contribution in [0.2, 0.25) is 0 Å². The van der Waals surface area contributed by atoms with Crippen LogP contribution in [0.5, 0.6) is 5.88 Å². The number of nitrogens with zero attached hydrogens (tertiary/aromatic N) is 3. The number of aromatic nitrogens is 2. The molecule has 9 heteroatoms. The van der Waals surface area contributed by atoms with Gasteiger partial charge in [-0.3, -0.25) is 4.79 Å². The van der Waals surface area contributed by atoms with Crippen LogP contribution in [0.15, 0.2) is 6.20 Å². The Balaban J connectivity index is 1.96. The number of aliphatic hydroxyl groups is 1. The molecule has 2 atom stereocenters. The molecule has 2 heterocycles. The van der Waals surface area contributed by atoms with Crippen LogP contribution in [0.4, 0.5) is 10.3 Å². The Bertz CT molecular complexity index is 531. The zero-order valence-corrected chi connectivity index (χ0v) is 12.5. The van der Waals surface area contributed by atoms with Crippen molar-refractivity contribution in [3.05, 3.63) is 12.0 Å². The summed E-state index contributed by atoms with van der Waals surface area (Å²) in [5.41, 5.74) is 0. The number of halogens is 1. The fraction of sp³-hybridized carbons (Fsp3) is 0.615. The Morgan fingerprint density at radius 2 is 2.36 bits per heavy atom. The Morgan fingerprint density at radius 3 is 3.00 bits per heavy atom. The smallest absolute Gasteiger partial charge is 0.255 e. The van der Waals surface area contributed by atoms with Crippen LogP contribution in [0.3, 0.4) is 0 Å². The van der Waals surface area contributed by atoms with E-state index in [0.717, 1.165) is 6.20 Å². The van der Waals surface area contributed by atoms with Gasteiger partial charge < -0.3 is 24.8 Å². The van der Waals surface area contributed by atoms with Gasteiger partial charge in [-0.2, -0.15) is 9.37 Å². The maximum atomic E-state index is 13.3. The molecule has 122 valence electrons. The molecule has 1 aromatic heterocycles. The summed E-state index contributed by atoms with van der Waals surface area (Å²) in [6.45, 7) is 0.663. The second-order valence-corrected chi connectivity index (χ2v) is 4.93. The largest absolute Gasteiger partial charge is 0.479 e. The molecule has 1 aromatic rings. The molecule has 0 saturated carbocycles. The molecule has 0 spiro atoms. The minimum Gasteiger partial charge on any atom is -0.479 e. The first-order chi connectivity index (χ1) is 10.5. The lowest BCUT2D eigenvalue weighted by molar-refractivity contribution is -0.138. The predicted molar refractivity (Wildman–Crippen MR) is 75.0 cm³/mol. The van der Waals surface area contributed by atoms with Gasteiger partial charge in [0.25, 0.3) is 5.88 Å². The number of hydrogen-bond acceptors (Lipinski definition) is 7. The molecule has 0 bridgehead atoms. The average molecular weight is 314 g/mol. The molecule has 2 N–H and O–H groups in total. The van der Waals surface area contributed by atoms with Gasteiger partial charge in [0.1, 0.15) is 6.61 Å². The van der Waals surface area contributed by atoms with Gasteiger partial charge in [-0.25, -0.2) is 4.98 Å². The Kier molecular flexibility index (Phi) is 5.45. The number of nitrogens with one attached hydrogen (secondary N) is 1. The number of likely N-dealkylation sites (tertiary alicyclic amines) is 1. The molecule has 1 aliphatic rings. The van der Waals surface area contributed by atoms with Gasteiger partial charge in [0.05, 0.1) is 25.5 Å². The summed E-state index contributed by atoms with van der Waals surface area (Å²) in [4.78, 5) is 20.9. The summed E-state index contributed by atoms with van der Waals surface area (Å²) in [5, 5.41) is 13.1. The van der Waals surface area contributed by atoms with Crippen molar-refractivity contribution in [3.8, 4) is 5.88 Å². The molecule has 8 nitrogen and oxygen atoms in total. The summed E-state index contributed by atoms with van der Waals surface area (Å²) in [6, 6.07) is -0.332. The van der Waals surface area contributed by atoms with E-state index in [4.69, 9.17) is 9.47 Å². The van der Waals surface area contributed by atoms with E-state index in [1.54, 1.807) is 4.90 Å². The van der Waals surface area contributed by atoms with E-state index in [2.05, 4.69) is 15.3 Å². The van der Waals surface area contributed by atoms with Crippen molar-refractivity contribution >= 4 is 11.9 Å². The molecule has 1 aliphatic heterocycles. The Morgan fingerprint density at radius 1 is 1.59 bits per heavy atom. The van der Waals surface area contributed by atoms with Gasteiger partial charge in [0.15, 0.2) is 0 Å². The SMILES string of the molecule is COCC(=O)N1CC[C@@H](Nc2ncc(F)c(OC)n2)[C@H](O)C1. The molecule has 1 amide bonds. The number of carbonyl (C=O) groups is 1. The lowest BCUT2D eigenvalue weighted by Gasteiger charge is -2.36. The van der Waals surface area contributed by atoms with E-state index in [1.165, 1.54) is 14.2 Å². The van der Waals surface area contributed by atoms with E-state index in [9.17, 15) is 14.3 Å². The van der Waals surface area contributed by atoms with E-state index < -0.39 is 11.9 Å². The second-order valence-electron chi connectivity index (χ2n) is 4.93. The van der Waals surface area contributed by atoms with Crippen molar-refractivity contribution in [1.82, 2.24) is 14.9 Å². The highest BCUT2D eigenvalue weighted by Gasteiger charge is 2.30. The first-order valence-corrected chi connectivity index (χ1v) is 6.83. The highest BCUT2D eigenvalue weighted by molar-refractivity contribution is 5.77. The molecular weight excluding hydrogens is 295 g/mol. The molecule has 0 aromatic carbocycles. The lowest BCUT2D eigenvalue weighted by atomic mass is 10.0. The number of amides is 1. The number of anilines is 1. The average Bonchev–Trinajstić information content (AvgIpc) is 2.51. The van der Waals surface area contributed by atoms with Crippen LogP contribution < -0.4 is 10.1 Å². The Hall–Kier alpha value is -2.00. The first-order valence-electron chi connectivity index (χ1n) is 6.83. The van der Waals surface area contributed by atoms with Gasteiger partial charge >= 0.3 is 0 Å². The molecule has 0 unspecified atom stereocenters. The summed E-state index contributed by atoms with van der Waals surface area (Å²) < 4.78 is 22.8. The number of ether oxygens (including phenoxy) is 2. The normalized spacial score (nSPS) is 21.5. The van der Waals surface area contributed by atoms with Crippen LogP contribution in [0.25, 0.3) is 0 Å². The maximum absolute atomic E-state index is 13.3. The topological polar surface area (TPSA) is 96.8 Å². The minimum absolute atomic E-state index is 0.0108. The fourth-order valence-corrected chi connectivity index (χ4v) is 2.27. The monoisotopic (exact) mass is 314 g/mol. The molecule has 1 saturated heterocycles. The van der Waals surface area contributed by atoms with Crippen LogP contribution in [0.1, 0.15) is 6.42 Å². The number of β-amino-alcohol motifs (C(OH)–C–C–N with tert-alkyl or cyclic N) is 1. The number of hydrogen-bond donors (Lipinski definition) is 2. The zero-order chi connectivity index (χ0) is 16.1. The second kappa shape index (κ2) is 7.32. The summed E-state index contributed by atoms with van der Waals surface area (Å²) >= 11 is 0. The van der Waals surface area contributed by atoms with E-state index in [0.29, 0.717) is 13.0 Å². The minimum atomic E-state index is -0.783. The van der Waals surface area contributed by atoms with E-state index in [1.807, 2.05) is 0 Å². The van der Waals surface area contributed by atoms with Gasteiger partial charge in [-0.15, -0.1) is 0 Å². The third kappa shape index (κ3) is 3.80. The van der Waals surface area contributed by atoms with Crippen LogP contribution in [0, 0.1) is 5.82 Å². The number of methoxy groups -OCH3 is 2. The predicted octanol–water partition coefficient (Wildman–Crippen LogP) is -0.356. The lowest BCUT2D eigenvalue weighted by Crippen LogP contribution is -2.52. The molecule has 0 aliphatic carbocycles. The zero-order valence-electron chi connectivity index (χ0n) is 12.5. The van der Waals surface area contributed by atoms with Gasteiger partial charge in [0, 0.05) is 20.2 Å². The molecular formula is C13H19FN4O4. The van der Waals surface area contributed by atoms with Crippen LogP contribution in [-0.4, -0.2) is 71.9 Å². The fourth-order valence-electron chi connectivity index (χ4n) is 2.27. The molecule has 22 heavy (non-hydrogen) atoms. The number of rotatable bonds is 5. The molecule has 1 fully saturated rings. The van der Waals surface area contributed by atoms with Crippen molar-refractivity contribution in [2.45, 2.75) is 18.6 Å². The summed E-state index contributed by atoms with van der Waals surface area (Å²) in [5.74, 6) is -0.827. The standard InChI is InChI=1S/C13H19FN4O4/c1-21-7-11(20)18-4-3-9(10(19)6-18)16-13-15-5-8(14)12(17-13)22-2/h5,9-10,19H,3-4,6-7H2,1-2H3,(H,15,16,17)/t9-,10-/m1/s1. The van der Waals surface area contributed by atoms with E-state index in [-0.39, 0.29) is 36.9 Å². The van der Waals surface area contributed by atoms with E-state index >= 15 is 0 Å². The van der Waals surface area contributed by atoms with Crippen molar-refractivity contribution < 1.29 is 23.8 Å². The molecule has 0 radical (unpaired) electrons.